The van der Waals surface area contributed by atoms with Gasteiger partial charge in [0.1, 0.15) is 6.61 Å². The van der Waals surface area contributed by atoms with E-state index in [4.69, 9.17) is 9.16 Å². The molecule has 4 heteroatoms. The fourth-order valence-electron chi connectivity index (χ4n) is 2.13. The Hall–Kier alpha value is -1.13. The second kappa shape index (κ2) is 8.50. The molecule has 1 aromatic rings. The highest BCUT2D eigenvalue weighted by Gasteiger charge is 2.39. The second-order valence-corrected chi connectivity index (χ2v) is 14.1. The van der Waals surface area contributed by atoms with Crippen LogP contribution in [0.5, 0.6) is 0 Å². The number of benzene rings is 1. The zero-order chi connectivity index (χ0) is 19.3. The Morgan fingerprint density at radius 3 is 2.08 bits per heavy atom. The average Bonchev–Trinajstić information content (AvgIpc) is 2.48. The van der Waals surface area contributed by atoms with Crippen molar-refractivity contribution in [2.45, 2.75) is 78.6 Å². The van der Waals surface area contributed by atoms with Crippen LogP contribution in [0.4, 0.5) is 0 Å². The summed E-state index contributed by atoms with van der Waals surface area (Å²) < 4.78 is 12.1. The van der Waals surface area contributed by atoms with Gasteiger partial charge >= 0.3 is 5.97 Å². The van der Waals surface area contributed by atoms with Crippen molar-refractivity contribution in [3.63, 3.8) is 0 Å². The number of carbonyl (C=O) groups is 1. The number of aryl methyl sites for hydroxylation is 1. The van der Waals surface area contributed by atoms with Crippen molar-refractivity contribution >= 4 is 14.3 Å². The van der Waals surface area contributed by atoms with E-state index in [0.29, 0.717) is 6.61 Å². The summed E-state index contributed by atoms with van der Waals surface area (Å²) in [5.41, 5.74) is 0.800. The lowest BCUT2D eigenvalue weighted by molar-refractivity contribution is -0.155. The first-order chi connectivity index (χ1) is 11.3. The molecule has 0 aliphatic carbocycles. The molecule has 1 atom stereocenters. The van der Waals surface area contributed by atoms with Gasteiger partial charge in [0, 0.05) is 0 Å². The SMILES string of the molecule is CC(C)(C)C(=O)OC[C@@H](CCc1ccccc1)O[Si](C)(C)C(C)(C)C. The van der Waals surface area contributed by atoms with E-state index < -0.39 is 13.7 Å². The highest BCUT2D eigenvalue weighted by molar-refractivity contribution is 6.74. The molecule has 0 aliphatic rings. The first kappa shape index (κ1) is 21.9. The van der Waals surface area contributed by atoms with Crippen molar-refractivity contribution in [2.75, 3.05) is 6.61 Å². The highest BCUT2D eigenvalue weighted by atomic mass is 28.4. The molecule has 1 aromatic carbocycles. The summed E-state index contributed by atoms with van der Waals surface area (Å²) in [5, 5.41) is 0.131. The minimum atomic E-state index is -1.92. The van der Waals surface area contributed by atoms with Crippen molar-refractivity contribution in [3.8, 4) is 0 Å². The van der Waals surface area contributed by atoms with E-state index in [9.17, 15) is 4.79 Å². The molecule has 0 unspecified atom stereocenters. The molecule has 0 saturated heterocycles. The van der Waals surface area contributed by atoms with E-state index in [1.165, 1.54) is 5.56 Å². The molecule has 0 radical (unpaired) electrons. The van der Waals surface area contributed by atoms with Gasteiger partial charge in [-0.2, -0.15) is 0 Å². The Kier molecular flexibility index (Phi) is 7.45. The fraction of sp³-hybridized carbons (Fsp3) is 0.667. The normalized spacial score (nSPS) is 14.2. The molecule has 0 N–H and O–H groups in total. The van der Waals surface area contributed by atoms with Crippen LogP contribution in [0.1, 0.15) is 53.5 Å². The molecule has 0 aliphatic heterocycles. The molecule has 3 nitrogen and oxygen atoms in total. The third-order valence-electron chi connectivity index (χ3n) is 4.88. The zero-order valence-electron chi connectivity index (χ0n) is 17.3. The Labute approximate surface area is 155 Å². The zero-order valence-corrected chi connectivity index (χ0v) is 18.3. The average molecular weight is 365 g/mol. The summed E-state index contributed by atoms with van der Waals surface area (Å²) in [6, 6.07) is 10.4. The molecular weight excluding hydrogens is 328 g/mol. The lowest BCUT2D eigenvalue weighted by Crippen LogP contribution is -2.45. The minimum Gasteiger partial charge on any atom is -0.463 e. The van der Waals surface area contributed by atoms with Crippen LogP contribution in [0, 0.1) is 5.41 Å². The summed E-state index contributed by atoms with van der Waals surface area (Å²) in [6.07, 6.45) is 1.72. The van der Waals surface area contributed by atoms with E-state index in [-0.39, 0.29) is 17.1 Å². The monoisotopic (exact) mass is 364 g/mol. The summed E-state index contributed by atoms with van der Waals surface area (Å²) >= 11 is 0. The van der Waals surface area contributed by atoms with Gasteiger partial charge in [-0.1, -0.05) is 51.1 Å². The molecule has 0 spiro atoms. The van der Waals surface area contributed by atoms with Crippen LogP contribution in [-0.2, 0) is 20.4 Å². The van der Waals surface area contributed by atoms with E-state index in [1.54, 1.807) is 0 Å². The molecule has 0 amide bonds. The van der Waals surface area contributed by atoms with Gasteiger partial charge in [-0.3, -0.25) is 4.79 Å². The van der Waals surface area contributed by atoms with Crippen LogP contribution in [0.3, 0.4) is 0 Å². The Morgan fingerprint density at radius 2 is 1.60 bits per heavy atom. The van der Waals surface area contributed by atoms with Gasteiger partial charge in [0.05, 0.1) is 11.5 Å². The first-order valence-electron chi connectivity index (χ1n) is 9.22. The van der Waals surface area contributed by atoms with E-state index >= 15 is 0 Å². The van der Waals surface area contributed by atoms with Crippen molar-refractivity contribution in [3.05, 3.63) is 35.9 Å². The number of esters is 1. The van der Waals surface area contributed by atoms with Gasteiger partial charge in [0.25, 0.3) is 0 Å². The maximum absolute atomic E-state index is 12.1. The van der Waals surface area contributed by atoms with Gasteiger partial charge in [-0.25, -0.2) is 0 Å². The largest absolute Gasteiger partial charge is 0.463 e. The van der Waals surface area contributed by atoms with E-state index in [1.807, 2.05) is 26.8 Å². The van der Waals surface area contributed by atoms with Crippen LogP contribution in [0.15, 0.2) is 30.3 Å². The standard InChI is InChI=1S/C21H36O3Si/c1-20(2,3)19(22)23-16-18(24-25(7,8)21(4,5)6)15-14-17-12-10-9-11-13-17/h9-13,18H,14-16H2,1-8H3/t18-/m1/s1. The maximum Gasteiger partial charge on any atom is 0.311 e. The van der Waals surface area contributed by atoms with Gasteiger partial charge in [0.15, 0.2) is 8.32 Å². The van der Waals surface area contributed by atoms with Gasteiger partial charge < -0.3 is 9.16 Å². The summed E-state index contributed by atoms with van der Waals surface area (Å²) in [7, 11) is -1.92. The van der Waals surface area contributed by atoms with E-state index in [2.05, 4.69) is 58.1 Å². The Balaban J connectivity index is 2.77. The van der Waals surface area contributed by atoms with Crippen molar-refractivity contribution in [1.29, 1.82) is 0 Å². The number of ether oxygens (including phenoxy) is 1. The number of carbonyl (C=O) groups excluding carboxylic acids is 1. The third kappa shape index (κ3) is 7.33. The predicted molar refractivity (Wildman–Crippen MR) is 107 cm³/mol. The van der Waals surface area contributed by atoms with Crippen LogP contribution >= 0.6 is 0 Å². The van der Waals surface area contributed by atoms with Gasteiger partial charge in [-0.15, -0.1) is 0 Å². The summed E-state index contributed by atoms with van der Waals surface area (Å²) in [6.45, 7) is 17.1. The van der Waals surface area contributed by atoms with Crippen LogP contribution in [0.2, 0.25) is 18.1 Å². The predicted octanol–water partition coefficient (Wildman–Crippen LogP) is 5.60. The number of hydrogen-bond donors (Lipinski definition) is 0. The van der Waals surface area contributed by atoms with Crippen LogP contribution in [-0.4, -0.2) is 27.0 Å². The van der Waals surface area contributed by atoms with Crippen LogP contribution < -0.4 is 0 Å². The highest BCUT2D eigenvalue weighted by Crippen LogP contribution is 2.37. The molecule has 0 saturated carbocycles. The number of hydrogen-bond acceptors (Lipinski definition) is 3. The van der Waals surface area contributed by atoms with E-state index in [0.717, 1.165) is 12.8 Å². The van der Waals surface area contributed by atoms with Crippen molar-refractivity contribution in [2.24, 2.45) is 5.41 Å². The number of rotatable bonds is 7. The molecule has 0 fully saturated rings. The quantitative estimate of drug-likeness (QED) is 0.467. The fourth-order valence-corrected chi connectivity index (χ4v) is 3.50. The smallest absolute Gasteiger partial charge is 0.311 e. The topological polar surface area (TPSA) is 35.5 Å². The third-order valence-corrected chi connectivity index (χ3v) is 9.41. The van der Waals surface area contributed by atoms with Crippen molar-refractivity contribution in [1.82, 2.24) is 0 Å². The van der Waals surface area contributed by atoms with Crippen LogP contribution in [0.25, 0.3) is 0 Å². The molecule has 25 heavy (non-hydrogen) atoms. The molecule has 1 rings (SSSR count). The van der Waals surface area contributed by atoms with Gasteiger partial charge in [-0.05, 0) is 57.3 Å². The summed E-state index contributed by atoms with van der Waals surface area (Å²) in [4.78, 5) is 12.1. The Morgan fingerprint density at radius 1 is 1.04 bits per heavy atom. The minimum absolute atomic E-state index is 0.0626. The first-order valence-corrected chi connectivity index (χ1v) is 12.1. The second-order valence-electron chi connectivity index (χ2n) is 9.37. The lowest BCUT2D eigenvalue weighted by atomic mass is 9.97. The Bertz CT molecular complexity index is 538. The molecular formula is C21H36O3Si. The van der Waals surface area contributed by atoms with Crippen molar-refractivity contribution < 1.29 is 14.0 Å². The molecule has 142 valence electrons. The lowest BCUT2D eigenvalue weighted by Gasteiger charge is -2.39. The molecule has 0 aromatic heterocycles. The maximum atomic E-state index is 12.1. The molecule has 0 bridgehead atoms. The van der Waals surface area contributed by atoms with Gasteiger partial charge in [0.2, 0.25) is 0 Å². The molecule has 0 heterocycles. The summed E-state index contributed by atoms with van der Waals surface area (Å²) in [5.74, 6) is -0.170.